The molecule has 0 aliphatic carbocycles. The summed E-state index contributed by atoms with van der Waals surface area (Å²) in [5.41, 5.74) is -2.44. The Morgan fingerprint density at radius 3 is 1.55 bits per heavy atom. The Morgan fingerprint density at radius 2 is 1.45 bits per heavy atom. The molecule has 0 saturated carbocycles. The maximum atomic E-state index is 8.18. The van der Waals surface area contributed by atoms with Crippen LogP contribution in [0.25, 0.3) is 0 Å². The first-order chi connectivity index (χ1) is 5.10. The van der Waals surface area contributed by atoms with E-state index in [4.69, 9.17) is 25.8 Å². The second kappa shape index (κ2) is 3.55. The molecule has 0 radical (unpaired) electrons. The first-order valence-corrected chi connectivity index (χ1v) is 2.38. The van der Waals surface area contributed by atoms with E-state index in [0.29, 0.717) is 0 Å². The van der Waals surface area contributed by atoms with E-state index in [-0.39, 0.29) is 0 Å². The van der Waals surface area contributed by atoms with Crippen LogP contribution in [0, 0.1) is 34.0 Å². The molecule has 7 heteroatoms. The van der Waals surface area contributed by atoms with Gasteiger partial charge in [-0.15, -0.1) is 0 Å². The van der Waals surface area contributed by atoms with Gasteiger partial charge < -0.3 is 14.7 Å². The third kappa shape index (κ3) is 2.25. The summed E-state index contributed by atoms with van der Waals surface area (Å²) in [6, 6.07) is 3.55. The zero-order chi connectivity index (χ0) is 8.91. The predicted molar refractivity (Wildman–Crippen MR) is 30.8 cm³/mol. The first kappa shape index (κ1) is 9.41. The van der Waals surface area contributed by atoms with E-state index in [1.54, 1.807) is 0 Å². The normalized spacial score (nSPS) is 9.00. The molecule has 6 nitrogen and oxygen atoms in total. The molecule has 0 aromatic heterocycles. The average molecular weight is 151 g/mol. The predicted octanol–water partition coefficient (Wildman–Crippen LogP) is -1.72. The molecule has 2 N–H and O–H groups in total. The van der Waals surface area contributed by atoms with E-state index < -0.39 is 12.9 Å². The van der Waals surface area contributed by atoms with Crippen molar-refractivity contribution in [3.63, 3.8) is 0 Å². The number of rotatable bonds is 2. The van der Waals surface area contributed by atoms with Crippen LogP contribution in [0.5, 0.6) is 0 Å². The van der Waals surface area contributed by atoms with E-state index in [1.807, 2.05) is 0 Å². The van der Waals surface area contributed by atoms with Crippen molar-refractivity contribution in [1.29, 1.82) is 15.8 Å². The fraction of sp³-hybridized carbons (Fsp3) is 0.250. The summed E-state index contributed by atoms with van der Waals surface area (Å²) in [6.07, 6.45) is 0. The Kier molecular flexibility index (Phi) is 3.04. The fourth-order valence-electron chi connectivity index (χ4n) is 0.312. The molecule has 0 aromatic rings. The molecule has 0 spiro atoms. The van der Waals surface area contributed by atoms with Gasteiger partial charge >= 0.3 is 12.9 Å². The van der Waals surface area contributed by atoms with Gasteiger partial charge in [-0.25, -0.2) is 0 Å². The molecule has 0 aromatic carbocycles. The molecule has 0 amide bonds. The Hall–Kier alpha value is -1.59. The maximum absolute atomic E-state index is 8.18. The van der Waals surface area contributed by atoms with Gasteiger partial charge in [0.2, 0.25) is 0 Å². The zero-order valence-electron chi connectivity index (χ0n) is 5.22. The van der Waals surface area contributed by atoms with Crippen molar-refractivity contribution in [3.05, 3.63) is 0 Å². The summed E-state index contributed by atoms with van der Waals surface area (Å²) in [4.78, 5) is 0. The van der Waals surface area contributed by atoms with Crippen LogP contribution in [0.4, 0.5) is 0 Å². The number of hydrogen-bond donors (Lipinski definition) is 2. The minimum absolute atomic E-state index is 1.18. The topological polar surface area (TPSA) is 121 Å². The summed E-state index contributed by atoms with van der Waals surface area (Å²) < 4.78 is 3.91. The van der Waals surface area contributed by atoms with Gasteiger partial charge in [0, 0.05) is 0 Å². The summed E-state index contributed by atoms with van der Waals surface area (Å²) in [6.45, 7) is 0. The van der Waals surface area contributed by atoms with Crippen molar-refractivity contribution in [2.24, 2.45) is 0 Å². The zero-order valence-corrected chi connectivity index (χ0v) is 5.22. The Morgan fingerprint density at radius 1 is 1.09 bits per heavy atom. The molecule has 0 aliphatic heterocycles. The summed E-state index contributed by atoms with van der Waals surface area (Å²) in [5.74, 6) is 0. The number of hydrogen-bond acceptors (Lipinski definition) is 6. The molecule has 54 valence electrons. The quantitative estimate of drug-likeness (QED) is 0.452. The van der Waals surface area contributed by atoms with Crippen molar-refractivity contribution in [1.82, 2.24) is 0 Å². The van der Waals surface area contributed by atoms with Crippen LogP contribution in [0.15, 0.2) is 0 Å². The van der Waals surface area contributed by atoms with Crippen LogP contribution in [0.1, 0.15) is 0 Å². The lowest BCUT2D eigenvalue weighted by Crippen LogP contribution is -2.35. The first-order valence-electron chi connectivity index (χ1n) is 2.38. The van der Waals surface area contributed by atoms with Crippen molar-refractivity contribution < 1.29 is 14.7 Å². The Labute approximate surface area is 62.6 Å². The smallest absolute Gasteiger partial charge is 0.402 e. The minimum Gasteiger partial charge on any atom is -0.402 e. The Bertz CT molecular complexity index is 221. The molecule has 11 heavy (non-hydrogen) atoms. The van der Waals surface area contributed by atoms with Gasteiger partial charge in [0.15, 0.2) is 0 Å². The van der Waals surface area contributed by atoms with Gasteiger partial charge in [-0.1, -0.05) is 0 Å². The highest BCUT2D eigenvalue weighted by atomic mass is 16.6. The highest BCUT2D eigenvalue weighted by Crippen LogP contribution is 2.06. The molecule has 0 saturated heterocycles. The molecule has 0 rings (SSSR count). The van der Waals surface area contributed by atoms with E-state index in [0.717, 1.165) is 0 Å². The second-order valence-electron chi connectivity index (χ2n) is 1.46. The summed E-state index contributed by atoms with van der Waals surface area (Å²) in [5, 5.41) is 40.9. The van der Waals surface area contributed by atoms with Crippen LogP contribution in [0.2, 0.25) is 0 Å². The summed E-state index contributed by atoms with van der Waals surface area (Å²) in [7, 11) is -2.31. The highest BCUT2D eigenvalue weighted by molar-refractivity contribution is 6.33. The van der Waals surface area contributed by atoms with Crippen molar-refractivity contribution >= 4 is 7.32 Å². The van der Waals surface area contributed by atoms with Crippen molar-refractivity contribution in [2.75, 3.05) is 0 Å². The molecule has 0 bridgehead atoms. The van der Waals surface area contributed by atoms with E-state index in [1.165, 1.54) is 18.2 Å². The maximum Gasteiger partial charge on any atom is 0.636 e. The van der Waals surface area contributed by atoms with E-state index in [2.05, 4.69) is 4.65 Å². The Balaban J connectivity index is 4.54. The third-order valence-corrected chi connectivity index (χ3v) is 0.755. The van der Waals surface area contributed by atoms with Crippen LogP contribution >= 0.6 is 0 Å². The van der Waals surface area contributed by atoms with Crippen LogP contribution < -0.4 is 0 Å². The molecular formula is C4H2BN3O3. The standard InChI is InChI=1S/C4H2BN3O3/c6-1-4(2-7,3-8)11-5(9)10/h9-10H. The second-order valence-corrected chi connectivity index (χ2v) is 1.46. The highest BCUT2D eigenvalue weighted by Gasteiger charge is 2.35. The number of nitriles is 3. The van der Waals surface area contributed by atoms with Gasteiger partial charge in [-0.05, 0) is 0 Å². The lowest BCUT2D eigenvalue weighted by Gasteiger charge is -2.08. The van der Waals surface area contributed by atoms with Gasteiger partial charge in [-0.2, -0.15) is 15.8 Å². The lowest BCUT2D eigenvalue weighted by molar-refractivity contribution is 0.141. The fourth-order valence-corrected chi connectivity index (χ4v) is 0.312. The molecule has 0 unspecified atom stereocenters. The van der Waals surface area contributed by atoms with Crippen molar-refractivity contribution in [3.8, 4) is 18.2 Å². The molecule has 0 heterocycles. The van der Waals surface area contributed by atoms with E-state index in [9.17, 15) is 0 Å². The molecular weight excluding hydrogens is 149 g/mol. The molecule has 0 atom stereocenters. The van der Waals surface area contributed by atoms with Gasteiger partial charge in [0.05, 0.1) is 0 Å². The molecule has 0 fully saturated rings. The third-order valence-electron chi connectivity index (χ3n) is 0.755. The van der Waals surface area contributed by atoms with E-state index >= 15 is 0 Å². The minimum atomic E-state index is -2.44. The van der Waals surface area contributed by atoms with Crippen LogP contribution in [-0.4, -0.2) is 23.0 Å². The average Bonchev–Trinajstić information content (AvgIpc) is 2.00. The monoisotopic (exact) mass is 151 g/mol. The largest absolute Gasteiger partial charge is 0.636 e. The van der Waals surface area contributed by atoms with Crippen LogP contribution in [0.3, 0.4) is 0 Å². The molecule has 0 aliphatic rings. The summed E-state index contributed by atoms with van der Waals surface area (Å²) >= 11 is 0. The van der Waals surface area contributed by atoms with Crippen LogP contribution in [-0.2, 0) is 4.65 Å². The van der Waals surface area contributed by atoms with Gasteiger partial charge in [-0.3, -0.25) is 0 Å². The SMILES string of the molecule is N#CC(C#N)(C#N)OB(O)O. The van der Waals surface area contributed by atoms with Gasteiger partial charge in [0.1, 0.15) is 18.2 Å². The van der Waals surface area contributed by atoms with Crippen molar-refractivity contribution in [2.45, 2.75) is 5.60 Å². The number of nitrogens with zero attached hydrogens (tertiary/aromatic N) is 3. The van der Waals surface area contributed by atoms with Gasteiger partial charge in [0.25, 0.3) is 0 Å². The lowest BCUT2D eigenvalue weighted by atomic mass is 10.1.